The first-order chi connectivity index (χ1) is 14.8. The lowest BCUT2D eigenvalue weighted by Gasteiger charge is -2.16. The highest BCUT2D eigenvalue weighted by atomic mass is 35.5. The molecule has 0 N–H and O–H groups in total. The van der Waals surface area contributed by atoms with E-state index in [1.54, 1.807) is 60.7 Å². The molecule has 4 aromatic rings. The molecule has 0 aliphatic rings. The van der Waals surface area contributed by atoms with E-state index >= 15 is 0 Å². The molecule has 0 fully saturated rings. The van der Waals surface area contributed by atoms with E-state index in [4.69, 9.17) is 23.2 Å². The fourth-order valence-corrected chi connectivity index (χ4v) is 4.43. The summed E-state index contributed by atoms with van der Waals surface area (Å²) >= 11 is 12.3. The number of rotatable bonds is 5. The summed E-state index contributed by atoms with van der Waals surface area (Å²) in [6, 6.07) is 18.4. The topological polar surface area (TPSA) is 72.3 Å². The predicted octanol–water partition coefficient (Wildman–Crippen LogP) is 4.87. The number of carbonyl (C=O) groups excluding carboxylic acids is 1. The van der Waals surface area contributed by atoms with Gasteiger partial charge in [-0.05, 0) is 55.0 Å². The minimum absolute atomic E-state index is 0.235. The number of thiol groups is 1. The van der Waals surface area contributed by atoms with Gasteiger partial charge < -0.3 is 4.57 Å². The van der Waals surface area contributed by atoms with E-state index in [-0.39, 0.29) is 11.3 Å². The molecule has 3 aromatic carbocycles. The van der Waals surface area contributed by atoms with E-state index in [2.05, 4.69) is 4.98 Å². The molecule has 31 heavy (non-hydrogen) atoms. The largest absolute Gasteiger partial charge is 0.324 e. The lowest BCUT2D eigenvalue weighted by atomic mass is 10.1. The molecule has 0 saturated heterocycles. The summed E-state index contributed by atoms with van der Waals surface area (Å²) in [7, 11) is -3.16. The third kappa shape index (κ3) is 4.30. The van der Waals surface area contributed by atoms with Crippen molar-refractivity contribution in [1.29, 1.82) is 0 Å². The number of amides is 1. The van der Waals surface area contributed by atoms with Gasteiger partial charge in [0.05, 0.1) is 23.3 Å². The van der Waals surface area contributed by atoms with Crippen molar-refractivity contribution < 1.29 is 13.2 Å². The Labute approximate surface area is 190 Å². The summed E-state index contributed by atoms with van der Waals surface area (Å²) in [6.07, 6.45) is 0. The standard InChI is InChI=1S/C22H17Cl2N3O3S/c1-14-25-20-10-8-15(22(28)27(31(29)30)18-5-3-2-4-6-18)11-21(20)26(14)13-16-7-9-17(23)12-19(16)24/h2-12,31H,13H2,1H3. The van der Waals surface area contributed by atoms with Crippen LogP contribution in [0.5, 0.6) is 0 Å². The van der Waals surface area contributed by atoms with Crippen molar-refractivity contribution in [2.45, 2.75) is 13.5 Å². The van der Waals surface area contributed by atoms with Gasteiger partial charge in [0.25, 0.3) is 5.91 Å². The van der Waals surface area contributed by atoms with Gasteiger partial charge in [0.1, 0.15) is 5.82 Å². The molecular weight excluding hydrogens is 457 g/mol. The maximum atomic E-state index is 13.1. The van der Waals surface area contributed by atoms with Gasteiger partial charge in [-0.1, -0.05) is 47.5 Å². The van der Waals surface area contributed by atoms with Crippen molar-refractivity contribution in [3.8, 4) is 0 Å². The quantitative estimate of drug-likeness (QED) is 0.419. The first-order valence-corrected chi connectivity index (χ1v) is 11.2. The molecule has 0 aliphatic heterocycles. The summed E-state index contributed by atoms with van der Waals surface area (Å²) in [5.74, 6) is 0.0968. The molecule has 9 heteroatoms. The zero-order valence-electron chi connectivity index (χ0n) is 16.3. The molecule has 0 bridgehead atoms. The highest BCUT2D eigenvalue weighted by Crippen LogP contribution is 2.26. The van der Waals surface area contributed by atoms with E-state index < -0.39 is 16.8 Å². The number of fused-ring (bicyclic) bond motifs is 1. The normalized spacial score (nSPS) is 11.2. The van der Waals surface area contributed by atoms with E-state index in [0.717, 1.165) is 15.7 Å². The van der Waals surface area contributed by atoms with Crippen molar-refractivity contribution in [3.63, 3.8) is 0 Å². The minimum atomic E-state index is -3.16. The van der Waals surface area contributed by atoms with Crippen LogP contribution in [0.1, 0.15) is 21.7 Å². The summed E-state index contributed by atoms with van der Waals surface area (Å²) < 4.78 is 26.4. The van der Waals surface area contributed by atoms with Crippen LogP contribution in [0.15, 0.2) is 66.7 Å². The molecule has 1 heterocycles. The van der Waals surface area contributed by atoms with Crippen LogP contribution in [0.3, 0.4) is 0 Å². The highest BCUT2D eigenvalue weighted by Gasteiger charge is 2.21. The van der Waals surface area contributed by atoms with Crippen LogP contribution < -0.4 is 4.31 Å². The van der Waals surface area contributed by atoms with Gasteiger partial charge in [0.15, 0.2) is 0 Å². The van der Waals surface area contributed by atoms with Crippen LogP contribution in [0.25, 0.3) is 11.0 Å². The van der Waals surface area contributed by atoms with Gasteiger partial charge in [-0.15, -0.1) is 0 Å². The smallest absolute Gasteiger partial charge is 0.271 e. The Bertz CT molecular complexity index is 1360. The van der Waals surface area contributed by atoms with Gasteiger partial charge in [0, 0.05) is 15.6 Å². The number of carbonyl (C=O) groups is 1. The molecular formula is C22H17Cl2N3O3S. The Morgan fingerprint density at radius 2 is 1.77 bits per heavy atom. The van der Waals surface area contributed by atoms with E-state index in [1.165, 1.54) is 0 Å². The summed E-state index contributed by atoms with van der Waals surface area (Å²) in [4.78, 5) is 17.6. The lowest BCUT2D eigenvalue weighted by Crippen LogP contribution is -2.29. The third-order valence-corrected chi connectivity index (χ3v) is 6.21. The molecule has 0 atom stereocenters. The lowest BCUT2D eigenvalue weighted by molar-refractivity contribution is 0.101. The molecule has 1 amide bonds. The summed E-state index contributed by atoms with van der Waals surface area (Å²) in [5, 5.41) is 1.07. The van der Waals surface area contributed by atoms with Gasteiger partial charge in [-0.25, -0.2) is 17.7 Å². The Balaban J connectivity index is 1.77. The zero-order valence-corrected chi connectivity index (χ0v) is 18.7. The van der Waals surface area contributed by atoms with Crippen LogP contribution in [0.4, 0.5) is 5.69 Å². The van der Waals surface area contributed by atoms with Crippen molar-refractivity contribution in [3.05, 3.63) is 93.7 Å². The average Bonchev–Trinajstić information content (AvgIpc) is 3.05. The Hall–Kier alpha value is -2.87. The summed E-state index contributed by atoms with van der Waals surface area (Å²) in [6.45, 7) is 2.28. The van der Waals surface area contributed by atoms with Crippen LogP contribution in [-0.4, -0.2) is 23.9 Å². The molecule has 0 spiro atoms. The first-order valence-electron chi connectivity index (χ1n) is 9.30. The van der Waals surface area contributed by atoms with Gasteiger partial charge >= 0.3 is 0 Å². The Morgan fingerprint density at radius 1 is 1.03 bits per heavy atom. The number of anilines is 1. The number of aromatic nitrogens is 2. The zero-order chi connectivity index (χ0) is 22.1. The fraction of sp³-hybridized carbons (Fsp3) is 0.0909. The molecule has 1 aromatic heterocycles. The molecule has 158 valence electrons. The third-order valence-electron chi connectivity index (χ3n) is 4.89. The summed E-state index contributed by atoms with van der Waals surface area (Å²) in [5.41, 5.74) is 2.75. The monoisotopic (exact) mass is 473 g/mol. The first kappa shape index (κ1) is 21.4. The number of hydrogen-bond donors (Lipinski definition) is 1. The number of benzene rings is 3. The minimum Gasteiger partial charge on any atom is -0.324 e. The number of hydrogen-bond acceptors (Lipinski definition) is 4. The Kier molecular flexibility index (Phi) is 6.00. The van der Waals surface area contributed by atoms with E-state index in [9.17, 15) is 13.2 Å². The van der Waals surface area contributed by atoms with Gasteiger partial charge in [-0.2, -0.15) is 0 Å². The number of halogens is 2. The molecule has 0 unspecified atom stereocenters. The SMILES string of the molecule is Cc1nc2ccc(C(=O)N(c3ccccc3)[SH](=O)=O)cc2n1Cc1ccc(Cl)cc1Cl. The maximum absolute atomic E-state index is 13.1. The highest BCUT2D eigenvalue weighted by molar-refractivity contribution is 7.75. The molecule has 0 radical (unpaired) electrons. The van der Waals surface area contributed by atoms with Crippen molar-refractivity contribution in [2.24, 2.45) is 0 Å². The van der Waals surface area contributed by atoms with Crippen molar-refractivity contribution in [1.82, 2.24) is 9.55 Å². The van der Waals surface area contributed by atoms with Gasteiger partial charge in [0.2, 0.25) is 10.9 Å². The van der Waals surface area contributed by atoms with Crippen LogP contribution in [0.2, 0.25) is 10.0 Å². The second kappa shape index (κ2) is 8.70. The van der Waals surface area contributed by atoms with E-state index in [0.29, 0.717) is 27.6 Å². The van der Waals surface area contributed by atoms with Crippen LogP contribution in [0, 0.1) is 6.92 Å². The van der Waals surface area contributed by atoms with E-state index in [1.807, 2.05) is 17.6 Å². The predicted molar refractivity (Wildman–Crippen MR) is 124 cm³/mol. The molecule has 6 nitrogen and oxygen atoms in total. The Morgan fingerprint density at radius 3 is 2.45 bits per heavy atom. The second-order valence-corrected chi connectivity index (χ2v) is 8.59. The molecule has 4 rings (SSSR count). The number of imidazole rings is 1. The second-order valence-electron chi connectivity index (χ2n) is 6.87. The number of nitrogens with zero attached hydrogens (tertiary/aromatic N) is 3. The molecule has 0 aliphatic carbocycles. The van der Waals surface area contributed by atoms with Crippen molar-refractivity contribution >= 4 is 56.7 Å². The van der Waals surface area contributed by atoms with Gasteiger partial charge in [-0.3, -0.25) is 4.79 Å². The number of para-hydroxylation sites is 1. The molecule has 0 saturated carbocycles. The van der Waals surface area contributed by atoms with Crippen molar-refractivity contribution in [2.75, 3.05) is 4.31 Å². The van der Waals surface area contributed by atoms with Crippen LogP contribution >= 0.6 is 23.2 Å². The van der Waals surface area contributed by atoms with Crippen LogP contribution in [-0.2, 0) is 17.4 Å². The average molecular weight is 474 g/mol. The fourth-order valence-electron chi connectivity index (χ4n) is 3.37. The maximum Gasteiger partial charge on any atom is 0.271 e. The number of aryl methyl sites for hydroxylation is 1.